The fraction of sp³-hybridized carbons (Fsp3) is 0.769. The number of nitrogens with zero attached hydrogens (tertiary/aromatic N) is 2. The molecule has 0 spiro atoms. The van der Waals surface area contributed by atoms with Crippen molar-refractivity contribution in [3.8, 4) is 0 Å². The van der Waals surface area contributed by atoms with Crippen LogP contribution in [0.15, 0.2) is 0 Å². The molecule has 1 aromatic rings. The Morgan fingerprint density at radius 2 is 2.19 bits per heavy atom. The number of hydrogen-bond acceptors (Lipinski definition) is 2. The molecule has 0 amide bonds. The molecule has 1 aliphatic heterocycles. The molecule has 0 bridgehead atoms. The molecule has 0 N–H and O–H groups in total. The average Bonchev–Trinajstić information content (AvgIpc) is 2.89. The maximum Gasteiger partial charge on any atom is 0.106 e. The number of fused-ring (bicyclic) bond motifs is 1. The minimum atomic E-state index is 0.430. The molecule has 3 nitrogen and oxygen atoms in total. The van der Waals surface area contributed by atoms with Crippen LogP contribution in [-0.4, -0.2) is 22.3 Å². The Kier molecular flexibility index (Phi) is 2.72. The Labute approximate surface area is 96.8 Å². The van der Waals surface area contributed by atoms with E-state index in [-0.39, 0.29) is 0 Å². The Morgan fingerprint density at radius 1 is 1.31 bits per heavy atom. The molecule has 2 heterocycles. The number of aryl methyl sites for hydroxylation is 2. The molecule has 3 heteroatoms. The number of imidazole rings is 1. The molecule has 0 aromatic carbocycles. The largest absolute Gasteiger partial charge is 0.376 e. The quantitative estimate of drug-likeness (QED) is 0.764. The van der Waals surface area contributed by atoms with Gasteiger partial charge in [0.1, 0.15) is 5.82 Å². The van der Waals surface area contributed by atoms with Crippen molar-refractivity contribution < 1.29 is 4.74 Å². The summed E-state index contributed by atoms with van der Waals surface area (Å²) in [5, 5.41) is 0. The van der Waals surface area contributed by atoms with Gasteiger partial charge in [0.25, 0.3) is 0 Å². The monoisotopic (exact) mass is 220 g/mol. The number of aromatic nitrogens is 2. The summed E-state index contributed by atoms with van der Waals surface area (Å²) < 4.78 is 8.13. The lowest BCUT2D eigenvalue weighted by molar-refractivity contribution is 0.0957. The smallest absolute Gasteiger partial charge is 0.106 e. The van der Waals surface area contributed by atoms with Crippen LogP contribution in [-0.2, 0) is 24.1 Å². The second kappa shape index (κ2) is 4.21. The highest BCUT2D eigenvalue weighted by Gasteiger charge is 2.22. The topological polar surface area (TPSA) is 27.1 Å². The highest BCUT2D eigenvalue weighted by atomic mass is 16.5. The van der Waals surface area contributed by atoms with E-state index in [9.17, 15) is 0 Å². The number of hydrogen-bond donors (Lipinski definition) is 0. The van der Waals surface area contributed by atoms with Crippen molar-refractivity contribution >= 4 is 0 Å². The second-order valence-corrected chi connectivity index (χ2v) is 5.01. The van der Waals surface area contributed by atoms with E-state index in [0.717, 1.165) is 13.2 Å². The third-order valence-electron chi connectivity index (χ3n) is 3.83. The Bertz CT molecular complexity index is 378. The first-order valence-electron chi connectivity index (χ1n) is 6.51. The van der Waals surface area contributed by atoms with Gasteiger partial charge in [-0.05, 0) is 45.4 Å². The summed E-state index contributed by atoms with van der Waals surface area (Å²) in [5.74, 6) is 1.18. The van der Waals surface area contributed by atoms with Gasteiger partial charge in [-0.3, -0.25) is 0 Å². The number of rotatable bonds is 2. The summed E-state index contributed by atoms with van der Waals surface area (Å²) in [4.78, 5) is 4.70. The van der Waals surface area contributed by atoms with Gasteiger partial charge >= 0.3 is 0 Å². The summed E-state index contributed by atoms with van der Waals surface area (Å²) >= 11 is 0. The van der Waals surface area contributed by atoms with E-state index >= 15 is 0 Å². The van der Waals surface area contributed by atoms with Crippen LogP contribution in [0, 0.1) is 6.92 Å². The standard InChI is InChI=1S/C13H20N2O/c1-10-14-12-6-2-3-7-13(12)15(10)9-11-5-4-8-16-11/h11H,2-9H2,1H3. The minimum absolute atomic E-state index is 0.430. The molecule has 1 atom stereocenters. The molecule has 1 saturated heterocycles. The summed E-state index contributed by atoms with van der Waals surface area (Å²) in [5.41, 5.74) is 2.83. The fourth-order valence-corrected chi connectivity index (χ4v) is 2.97. The molecular weight excluding hydrogens is 200 g/mol. The van der Waals surface area contributed by atoms with Crippen LogP contribution in [0.1, 0.15) is 42.9 Å². The zero-order valence-corrected chi connectivity index (χ0v) is 10.0. The van der Waals surface area contributed by atoms with Crippen molar-refractivity contribution in [2.45, 2.75) is 58.1 Å². The molecule has 88 valence electrons. The van der Waals surface area contributed by atoms with Crippen LogP contribution in [0.2, 0.25) is 0 Å². The summed E-state index contributed by atoms with van der Waals surface area (Å²) in [6.07, 6.45) is 7.89. The molecule has 1 aliphatic carbocycles. The van der Waals surface area contributed by atoms with Gasteiger partial charge in [0.05, 0.1) is 18.3 Å². The van der Waals surface area contributed by atoms with Crippen LogP contribution in [0.5, 0.6) is 0 Å². The van der Waals surface area contributed by atoms with Gasteiger partial charge in [-0.2, -0.15) is 0 Å². The molecule has 16 heavy (non-hydrogen) atoms. The molecular formula is C13H20N2O. The Morgan fingerprint density at radius 3 is 3.00 bits per heavy atom. The van der Waals surface area contributed by atoms with Gasteiger partial charge in [-0.1, -0.05) is 0 Å². The normalized spacial score (nSPS) is 24.7. The van der Waals surface area contributed by atoms with Crippen LogP contribution >= 0.6 is 0 Å². The molecule has 3 rings (SSSR count). The SMILES string of the molecule is Cc1nc2c(n1CC1CCCO1)CCCC2. The van der Waals surface area contributed by atoms with Crippen molar-refractivity contribution in [2.75, 3.05) is 6.61 Å². The Balaban J connectivity index is 1.84. The first kappa shape index (κ1) is 10.3. The van der Waals surface area contributed by atoms with Crippen molar-refractivity contribution in [3.63, 3.8) is 0 Å². The van der Waals surface area contributed by atoms with Crippen molar-refractivity contribution in [3.05, 3.63) is 17.2 Å². The third-order valence-corrected chi connectivity index (χ3v) is 3.83. The lowest BCUT2D eigenvalue weighted by atomic mass is 10.0. The summed E-state index contributed by atoms with van der Waals surface area (Å²) in [6.45, 7) is 4.10. The lowest BCUT2D eigenvalue weighted by Gasteiger charge is -2.17. The second-order valence-electron chi connectivity index (χ2n) is 5.01. The van der Waals surface area contributed by atoms with Crippen LogP contribution < -0.4 is 0 Å². The van der Waals surface area contributed by atoms with E-state index in [4.69, 9.17) is 9.72 Å². The zero-order chi connectivity index (χ0) is 11.0. The summed E-state index contributed by atoms with van der Waals surface area (Å²) in [7, 11) is 0. The molecule has 1 fully saturated rings. The van der Waals surface area contributed by atoms with E-state index < -0.39 is 0 Å². The average molecular weight is 220 g/mol. The molecule has 0 saturated carbocycles. The summed E-state index contributed by atoms with van der Waals surface area (Å²) in [6, 6.07) is 0. The predicted molar refractivity (Wildman–Crippen MR) is 62.6 cm³/mol. The minimum Gasteiger partial charge on any atom is -0.376 e. The van der Waals surface area contributed by atoms with Crippen LogP contribution in [0.25, 0.3) is 0 Å². The fourth-order valence-electron chi connectivity index (χ4n) is 2.97. The van der Waals surface area contributed by atoms with Gasteiger partial charge in [0.2, 0.25) is 0 Å². The van der Waals surface area contributed by atoms with E-state index in [1.54, 1.807) is 0 Å². The molecule has 1 unspecified atom stereocenters. The Hall–Kier alpha value is -0.830. The first-order chi connectivity index (χ1) is 7.84. The van der Waals surface area contributed by atoms with Gasteiger partial charge < -0.3 is 9.30 Å². The predicted octanol–water partition coefficient (Wildman–Crippen LogP) is 2.25. The van der Waals surface area contributed by atoms with E-state index in [1.807, 2.05) is 0 Å². The lowest BCUT2D eigenvalue weighted by Crippen LogP contribution is -2.19. The zero-order valence-electron chi connectivity index (χ0n) is 10.0. The van der Waals surface area contributed by atoms with Crippen molar-refractivity contribution in [2.24, 2.45) is 0 Å². The van der Waals surface area contributed by atoms with E-state index in [1.165, 1.54) is 55.7 Å². The van der Waals surface area contributed by atoms with Crippen molar-refractivity contribution in [1.82, 2.24) is 9.55 Å². The van der Waals surface area contributed by atoms with E-state index in [0.29, 0.717) is 6.10 Å². The first-order valence-corrected chi connectivity index (χ1v) is 6.51. The van der Waals surface area contributed by atoms with Crippen LogP contribution in [0.4, 0.5) is 0 Å². The number of ether oxygens (including phenoxy) is 1. The molecule has 2 aliphatic rings. The molecule has 0 radical (unpaired) electrons. The van der Waals surface area contributed by atoms with Crippen LogP contribution in [0.3, 0.4) is 0 Å². The van der Waals surface area contributed by atoms with Crippen molar-refractivity contribution in [1.29, 1.82) is 0 Å². The van der Waals surface area contributed by atoms with Gasteiger partial charge in [-0.15, -0.1) is 0 Å². The maximum atomic E-state index is 5.72. The van der Waals surface area contributed by atoms with E-state index in [2.05, 4.69) is 11.5 Å². The van der Waals surface area contributed by atoms with Gasteiger partial charge in [0.15, 0.2) is 0 Å². The maximum absolute atomic E-state index is 5.72. The highest BCUT2D eigenvalue weighted by molar-refractivity contribution is 5.20. The third kappa shape index (κ3) is 1.77. The molecule has 1 aromatic heterocycles. The van der Waals surface area contributed by atoms with Gasteiger partial charge in [0, 0.05) is 12.3 Å². The van der Waals surface area contributed by atoms with Gasteiger partial charge in [-0.25, -0.2) is 4.98 Å². The highest BCUT2D eigenvalue weighted by Crippen LogP contribution is 2.24.